The van der Waals surface area contributed by atoms with E-state index >= 15 is 0 Å². The fourth-order valence-corrected chi connectivity index (χ4v) is 3.39. The number of carbonyl (C=O) groups is 2. The summed E-state index contributed by atoms with van der Waals surface area (Å²) in [5.41, 5.74) is 3.01. The minimum atomic E-state index is -0.569. The number of rotatable bonds is 7. The maximum atomic E-state index is 12.5. The highest BCUT2D eigenvalue weighted by Crippen LogP contribution is 2.21. The monoisotopic (exact) mass is 400 g/mol. The molecule has 0 atom stereocenters. The van der Waals surface area contributed by atoms with Gasteiger partial charge in [-0.05, 0) is 44.4 Å². The number of nitriles is 1. The van der Waals surface area contributed by atoms with Crippen LogP contribution in [0.5, 0.6) is 0 Å². The molecule has 0 aliphatic heterocycles. The highest BCUT2D eigenvalue weighted by atomic mass is 32.1. The van der Waals surface area contributed by atoms with Crippen LogP contribution in [0, 0.1) is 31.1 Å². The molecule has 1 amide bonds. The molecule has 2 rings (SSSR count). The van der Waals surface area contributed by atoms with Gasteiger partial charge < -0.3 is 9.30 Å². The lowest BCUT2D eigenvalue weighted by atomic mass is 10.1. The minimum absolute atomic E-state index is 0.0299. The van der Waals surface area contributed by atoms with Crippen molar-refractivity contribution in [3.05, 3.63) is 39.7 Å². The standard InChI is InChI=1S/C20H24N4O3S/c1-6-27-19(26)17-11-28-20(22-17)23-18(25)16(9-21)8-15-7-13(4)24(14(15)5)10-12(2)3/h7-8,11-12H,6,10H2,1-5H3,(H,22,23,25). The minimum Gasteiger partial charge on any atom is -0.461 e. The predicted octanol–water partition coefficient (Wildman–Crippen LogP) is 3.94. The zero-order valence-electron chi connectivity index (χ0n) is 16.7. The molecule has 8 heteroatoms. The van der Waals surface area contributed by atoms with Crippen molar-refractivity contribution in [1.29, 1.82) is 5.26 Å². The largest absolute Gasteiger partial charge is 0.461 e. The maximum absolute atomic E-state index is 12.5. The summed E-state index contributed by atoms with van der Waals surface area (Å²) >= 11 is 1.10. The molecule has 0 aliphatic carbocycles. The number of aromatic nitrogens is 2. The summed E-state index contributed by atoms with van der Waals surface area (Å²) in [6.07, 6.45) is 1.58. The van der Waals surface area contributed by atoms with Gasteiger partial charge in [-0.15, -0.1) is 11.3 Å². The number of amides is 1. The normalized spacial score (nSPS) is 11.4. The Balaban J connectivity index is 2.20. The Bertz CT molecular complexity index is 947. The van der Waals surface area contributed by atoms with E-state index in [1.807, 2.05) is 26.0 Å². The van der Waals surface area contributed by atoms with Crippen molar-refractivity contribution < 1.29 is 14.3 Å². The first kappa shape index (κ1) is 21.4. The number of hydrogen-bond donors (Lipinski definition) is 1. The molecular weight excluding hydrogens is 376 g/mol. The fourth-order valence-electron chi connectivity index (χ4n) is 2.72. The molecule has 148 valence electrons. The van der Waals surface area contributed by atoms with E-state index in [0.717, 1.165) is 34.8 Å². The maximum Gasteiger partial charge on any atom is 0.357 e. The van der Waals surface area contributed by atoms with Crippen LogP contribution < -0.4 is 5.32 Å². The molecular formula is C20H24N4O3S. The number of nitrogens with one attached hydrogen (secondary N) is 1. The molecule has 0 fully saturated rings. The van der Waals surface area contributed by atoms with Crippen molar-refractivity contribution in [3.63, 3.8) is 0 Å². The van der Waals surface area contributed by atoms with E-state index in [1.165, 1.54) is 5.38 Å². The summed E-state index contributed by atoms with van der Waals surface area (Å²) in [5, 5.41) is 13.7. The SMILES string of the molecule is CCOC(=O)c1csc(NC(=O)C(C#N)=Cc2cc(C)n(CC(C)C)c2C)n1. The molecule has 0 bridgehead atoms. The number of ether oxygens (including phenoxy) is 1. The van der Waals surface area contributed by atoms with E-state index < -0.39 is 11.9 Å². The molecule has 2 heterocycles. The molecule has 2 aromatic heterocycles. The zero-order chi connectivity index (χ0) is 20.8. The van der Waals surface area contributed by atoms with Crippen LogP contribution in [0.1, 0.15) is 48.2 Å². The lowest BCUT2D eigenvalue weighted by molar-refractivity contribution is -0.112. The molecule has 0 saturated heterocycles. The smallest absolute Gasteiger partial charge is 0.357 e. The van der Waals surface area contributed by atoms with E-state index in [4.69, 9.17) is 4.74 Å². The molecule has 0 aliphatic rings. The second-order valence-corrected chi connectivity index (χ2v) is 7.57. The van der Waals surface area contributed by atoms with Crippen LogP contribution in [0.3, 0.4) is 0 Å². The first-order valence-electron chi connectivity index (χ1n) is 8.99. The Morgan fingerprint density at radius 1 is 1.43 bits per heavy atom. The topological polar surface area (TPSA) is 97.0 Å². The van der Waals surface area contributed by atoms with Crippen molar-refractivity contribution >= 4 is 34.4 Å². The average Bonchev–Trinajstić information content (AvgIpc) is 3.19. The third-order valence-electron chi connectivity index (χ3n) is 4.03. The van der Waals surface area contributed by atoms with E-state index in [2.05, 4.69) is 28.7 Å². The van der Waals surface area contributed by atoms with Crippen molar-refractivity contribution in [2.75, 3.05) is 11.9 Å². The summed E-state index contributed by atoms with van der Waals surface area (Å²) in [5.74, 6) is -0.632. The van der Waals surface area contributed by atoms with Gasteiger partial charge in [-0.2, -0.15) is 5.26 Å². The average molecular weight is 401 g/mol. The molecule has 2 aromatic rings. The first-order valence-corrected chi connectivity index (χ1v) is 9.87. The van der Waals surface area contributed by atoms with Gasteiger partial charge in [-0.3, -0.25) is 10.1 Å². The lowest BCUT2D eigenvalue weighted by Gasteiger charge is -2.12. The Kier molecular flexibility index (Phi) is 7.12. The summed E-state index contributed by atoms with van der Waals surface area (Å²) < 4.78 is 7.05. The fraction of sp³-hybridized carbons (Fsp3) is 0.400. The first-order chi connectivity index (χ1) is 13.3. The highest BCUT2D eigenvalue weighted by molar-refractivity contribution is 7.14. The van der Waals surface area contributed by atoms with Gasteiger partial charge in [0.15, 0.2) is 10.8 Å². The predicted molar refractivity (Wildman–Crippen MR) is 109 cm³/mol. The Morgan fingerprint density at radius 2 is 2.14 bits per heavy atom. The Morgan fingerprint density at radius 3 is 2.75 bits per heavy atom. The summed E-state index contributed by atoms with van der Waals surface area (Å²) in [7, 11) is 0. The number of esters is 1. The number of aryl methyl sites for hydroxylation is 1. The van der Waals surface area contributed by atoms with E-state index in [9.17, 15) is 14.9 Å². The van der Waals surface area contributed by atoms with Gasteiger partial charge in [0.25, 0.3) is 5.91 Å². The van der Waals surface area contributed by atoms with Gasteiger partial charge in [0.05, 0.1) is 6.61 Å². The van der Waals surface area contributed by atoms with Crippen molar-refractivity contribution in [1.82, 2.24) is 9.55 Å². The molecule has 7 nitrogen and oxygen atoms in total. The number of hydrogen-bond acceptors (Lipinski definition) is 6. The lowest BCUT2D eigenvalue weighted by Crippen LogP contribution is -2.14. The molecule has 0 unspecified atom stereocenters. The Hall–Kier alpha value is -2.92. The highest BCUT2D eigenvalue weighted by Gasteiger charge is 2.17. The van der Waals surface area contributed by atoms with Gasteiger partial charge in [-0.25, -0.2) is 9.78 Å². The third kappa shape index (κ3) is 5.08. The quantitative estimate of drug-likeness (QED) is 0.431. The van der Waals surface area contributed by atoms with E-state index in [1.54, 1.807) is 13.0 Å². The van der Waals surface area contributed by atoms with Gasteiger partial charge in [-0.1, -0.05) is 13.8 Å². The summed E-state index contributed by atoms with van der Waals surface area (Å²) in [4.78, 5) is 28.2. The van der Waals surface area contributed by atoms with Gasteiger partial charge >= 0.3 is 5.97 Å². The summed E-state index contributed by atoms with van der Waals surface area (Å²) in [6, 6.07) is 3.91. The van der Waals surface area contributed by atoms with Crippen LogP contribution in [0.4, 0.5) is 5.13 Å². The van der Waals surface area contributed by atoms with Crippen LogP contribution in [0.25, 0.3) is 6.08 Å². The van der Waals surface area contributed by atoms with Gasteiger partial charge in [0.1, 0.15) is 11.6 Å². The molecule has 0 aromatic carbocycles. The van der Waals surface area contributed by atoms with Gasteiger partial charge in [0.2, 0.25) is 0 Å². The van der Waals surface area contributed by atoms with Crippen LogP contribution in [-0.4, -0.2) is 28.0 Å². The van der Waals surface area contributed by atoms with Crippen molar-refractivity contribution in [2.45, 2.75) is 41.2 Å². The van der Waals surface area contributed by atoms with E-state index in [-0.39, 0.29) is 23.0 Å². The number of nitrogens with zero attached hydrogens (tertiary/aromatic N) is 3. The van der Waals surface area contributed by atoms with E-state index in [0.29, 0.717) is 5.92 Å². The molecule has 0 spiro atoms. The molecule has 28 heavy (non-hydrogen) atoms. The second-order valence-electron chi connectivity index (χ2n) is 6.71. The summed E-state index contributed by atoms with van der Waals surface area (Å²) in [6.45, 7) is 11.1. The Labute approximate surface area is 168 Å². The second kappa shape index (κ2) is 9.33. The van der Waals surface area contributed by atoms with Crippen molar-refractivity contribution in [3.8, 4) is 6.07 Å². The zero-order valence-corrected chi connectivity index (χ0v) is 17.5. The molecule has 0 saturated carbocycles. The van der Waals surface area contributed by atoms with Gasteiger partial charge in [0, 0.05) is 23.3 Å². The van der Waals surface area contributed by atoms with Crippen LogP contribution >= 0.6 is 11.3 Å². The number of carbonyl (C=O) groups excluding carboxylic acids is 2. The molecule has 1 N–H and O–H groups in total. The molecule has 0 radical (unpaired) electrons. The van der Waals surface area contributed by atoms with Crippen LogP contribution in [-0.2, 0) is 16.1 Å². The van der Waals surface area contributed by atoms with Crippen molar-refractivity contribution in [2.24, 2.45) is 5.92 Å². The number of anilines is 1. The van der Waals surface area contributed by atoms with Crippen LogP contribution in [0.2, 0.25) is 0 Å². The third-order valence-corrected chi connectivity index (χ3v) is 4.79. The van der Waals surface area contributed by atoms with Crippen LogP contribution in [0.15, 0.2) is 17.0 Å². The number of thiazole rings is 1.